The lowest BCUT2D eigenvalue weighted by molar-refractivity contribution is -0.176. The molecule has 1 amide bonds. The minimum absolute atomic E-state index is 0.237. The molecular weight excluding hydrogens is 270 g/mol. The molecule has 1 aliphatic rings. The van der Waals surface area contributed by atoms with E-state index in [-0.39, 0.29) is 18.3 Å². The minimum Gasteiger partial charge on any atom is -0.464 e. The van der Waals surface area contributed by atoms with Crippen LogP contribution in [0.25, 0.3) is 0 Å². The Kier molecular flexibility index (Phi) is 4.73. The average molecular weight is 289 g/mol. The predicted molar refractivity (Wildman–Crippen MR) is 76.5 cm³/mol. The molecule has 0 bridgehead atoms. The summed E-state index contributed by atoms with van der Waals surface area (Å²) in [6, 6.07) is 8.94. The Balaban J connectivity index is 2.04. The Hall–Kier alpha value is -2.17. The molecule has 0 spiro atoms. The number of carbonyl (C=O) groups is 3. The summed E-state index contributed by atoms with van der Waals surface area (Å²) in [6.45, 7) is 3.69. The van der Waals surface area contributed by atoms with Gasteiger partial charge in [0, 0.05) is 6.54 Å². The maximum atomic E-state index is 12.0. The average Bonchev–Trinajstić information content (AvgIpc) is 2.45. The molecule has 1 aromatic rings. The molecule has 1 aliphatic heterocycles. The zero-order valence-electron chi connectivity index (χ0n) is 12.2. The lowest BCUT2D eigenvalue weighted by atomic mass is 9.84. The zero-order valence-corrected chi connectivity index (χ0v) is 12.2. The molecule has 5 nitrogen and oxygen atoms in total. The molecule has 0 radical (unpaired) electrons. The molecule has 1 heterocycles. The van der Waals surface area contributed by atoms with Gasteiger partial charge in [0.1, 0.15) is 17.7 Å². The van der Waals surface area contributed by atoms with Crippen LogP contribution in [0.4, 0.5) is 0 Å². The highest BCUT2D eigenvalue weighted by Gasteiger charge is 2.54. The summed E-state index contributed by atoms with van der Waals surface area (Å²) in [5.74, 6) is -1.93. The van der Waals surface area contributed by atoms with Gasteiger partial charge in [0.05, 0.1) is 6.61 Å². The first kappa shape index (κ1) is 15.2. The van der Waals surface area contributed by atoms with Gasteiger partial charge in [-0.15, -0.1) is 0 Å². The van der Waals surface area contributed by atoms with Crippen molar-refractivity contribution in [2.75, 3.05) is 13.2 Å². The molecule has 2 atom stereocenters. The van der Waals surface area contributed by atoms with Gasteiger partial charge < -0.3 is 9.64 Å². The second-order valence-electron chi connectivity index (χ2n) is 5.05. The van der Waals surface area contributed by atoms with E-state index >= 15 is 0 Å². The van der Waals surface area contributed by atoms with Crippen LogP contribution in [0.2, 0.25) is 0 Å². The summed E-state index contributed by atoms with van der Waals surface area (Å²) in [6.07, 6.45) is 0.646. The molecule has 1 fully saturated rings. The molecule has 0 N–H and O–H groups in total. The highest BCUT2D eigenvalue weighted by atomic mass is 16.5. The number of Topliss-reactive ketones (excluding diaryl/α,β-unsaturated/α-hetero) is 1. The van der Waals surface area contributed by atoms with E-state index in [1.54, 1.807) is 6.92 Å². The van der Waals surface area contributed by atoms with E-state index < -0.39 is 17.9 Å². The molecule has 5 heteroatoms. The molecule has 21 heavy (non-hydrogen) atoms. The third-order valence-corrected chi connectivity index (χ3v) is 3.65. The quantitative estimate of drug-likeness (QED) is 0.448. The van der Waals surface area contributed by atoms with Gasteiger partial charge in [0.25, 0.3) is 0 Å². The topological polar surface area (TPSA) is 63.7 Å². The van der Waals surface area contributed by atoms with Crippen LogP contribution in [-0.4, -0.2) is 41.8 Å². The van der Waals surface area contributed by atoms with E-state index in [1.165, 1.54) is 11.8 Å². The first-order valence-corrected chi connectivity index (χ1v) is 7.07. The molecule has 2 rings (SSSR count). The Morgan fingerprint density at radius 2 is 1.90 bits per heavy atom. The van der Waals surface area contributed by atoms with Crippen molar-refractivity contribution in [2.24, 2.45) is 5.92 Å². The van der Waals surface area contributed by atoms with Crippen LogP contribution < -0.4 is 0 Å². The van der Waals surface area contributed by atoms with Gasteiger partial charge in [-0.1, -0.05) is 30.3 Å². The van der Waals surface area contributed by atoms with Crippen molar-refractivity contribution in [3.05, 3.63) is 35.9 Å². The number of hydrogen-bond acceptors (Lipinski definition) is 4. The molecule has 0 saturated carbocycles. The number of hydrogen-bond donors (Lipinski definition) is 0. The van der Waals surface area contributed by atoms with E-state index in [4.69, 9.17) is 4.74 Å². The number of ether oxygens (including phenoxy) is 1. The Morgan fingerprint density at radius 1 is 1.24 bits per heavy atom. The van der Waals surface area contributed by atoms with Crippen molar-refractivity contribution in [1.82, 2.24) is 4.90 Å². The Labute approximate surface area is 123 Å². The fourth-order valence-corrected chi connectivity index (χ4v) is 2.58. The monoisotopic (exact) mass is 289 g/mol. The third-order valence-electron chi connectivity index (χ3n) is 3.65. The normalized spacial score (nSPS) is 20.9. The van der Waals surface area contributed by atoms with E-state index in [2.05, 4.69) is 0 Å². The molecule has 112 valence electrons. The van der Waals surface area contributed by atoms with Gasteiger partial charge in [0.15, 0.2) is 0 Å². The number of esters is 1. The van der Waals surface area contributed by atoms with E-state index in [0.717, 1.165) is 5.56 Å². The van der Waals surface area contributed by atoms with Crippen LogP contribution in [0, 0.1) is 5.92 Å². The second kappa shape index (κ2) is 6.52. The number of amides is 1. The van der Waals surface area contributed by atoms with Crippen molar-refractivity contribution >= 4 is 17.7 Å². The summed E-state index contributed by atoms with van der Waals surface area (Å²) < 4.78 is 4.97. The van der Waals surface area contributed by atoms with Crippen LogP contribution in [0.3, 0.4) is 0 Å². The molecule has 0 unspecified atom stereocenters. The predicted octanol–water partition coefficient (Wildman–Crippen LogP) is 1.21. The molecular formula is C16H19NO4. The first-order chi connectivity index (χ1) is 10.1. The Morgan fingerprint density at radius 3 is 2.48 bits per heavy atom. The first-order valence-electron chi connectivity index (χ1n) is 7.07. The summed E-state index contributed by atoms with van der Waals surface area (Å²) in [5.41, 5.74) is 1.08. The smallest absolute Gasteiger partial charge is 0.330 e. The number of likely N-dealkylation sites (tertiary alicyclic amines) is 1. The van der Waals surface area contributed by atoms with Gasteiger partial charge in [-0.05, 0) is 25.8 Å². The van der Waals surface area contributed by atoms with Crippen molar-refractivity contribution < 1.29 is 19.1 Å². The van der Waals surface area contributed by atoms with Gasteiger partial charge in [-0.25, -0.2) is 4.79 Å². The van der Waals surface area contributed by atoms with Crippen molar-refractivity contribution in [3.8, 4) is 0 Å². The van der Waals surface area contributed by atoms with Crippen LogP contribution >= 0.6 is 0 Å². The van der Waals surface area contributed by atoms with Gasteiger partial charge in [-0.3, -0.25) is 9.59 Å². The fourth-order valence-electron chi connectivity index (χ4n) is 2.58. The van der Waals surface area contributed by atoms with Gasteiger partial charge >= 0.3 is 5.97 Å². The van der Waals surface area contributed by atoms with Crippen molar-refractivity contribution in [2.45, 2.75) is 26.3 Å². The number of β-lactam (4-membered cyclic amide) rings is 1. The number of ketones is 1. The standard InChI is InChI=1S/C16H19NO4/c1-3-21-16(20)14-13(11(2)18)15(19)17(14)10-9-12-7-5-4-6-8-12/h4-8,13-14H,3,9-10H2,1-2H3/t13-,14+/m0/s1. The lowest BCUT2D eigenvalue weighted by Crippen LogP contribution is -2.67. The SMILES string of the molecule is CCOC(=O)[C@H]1[C@H](C(C)=O)C(=O)N1CCc1ccccc1. The molecule has 0 aliphatic carbocycles. The third kappa shape index (κ3) is 3.12. The fraction of sp³-hybridized carbons (Fsp3) is 0.438. The highest BCUT2D eigenvalue weighted by molar-refractivity contribution is 6.11. The van der Waals surface area contributed by atoms with Gasteiger partial charge in [0.2, 0.25) is 5.91 Å². The maximum Gasteiger partial charge on any atom is 0.330 e. The van der Waals surface area contributed by atoms with E-state index in [9.17, 15) is 14.4 Å². The van der Waals surface area contributed by atoms with Crippen LogP contribution in [0.1, 0.15) is 19.4 Å². The maximum absolute atomic E-state index is 12.0. The van der Waals surface area contributed by atoms with Crippen LogP contribution in [0.5, 0.6) is 0 Å². The van der Waals surface area contributed by atoms with Crippen molar-refractivity contribution in [1.29, 1.82) is 0 Å². The number of nitrogens with zero attached hydrogens (tertiary/aromatic N) is 1. The van der Waals surface area contributed by atoms with Crippen LogP contribution in [-0.2, 0) is 25.5 Å². The molecule has 1 saturated heterocycles. The molecule has 1 aromatic carbocycles. The zero-order chi connectivity index (χ0) is 15.4. The van der Waals surface area contributed by atoms with E-state index in [1.807, 2.05) is 30.3 Å². The summed E-state index contributed by atoms with van der Waals surface area (Å²) in [7, 11) is 0. The minimum atomic E-state index is -0.875. The van der Waals surface area contributed by atoms with Crippen molar-refractivity contribution in [3.63, 3.8) is 0 Å². The Bertz CT molecular complexity index is 540. The summed E-state index contributed by atoms with van der Waals surface area (Å²) in [4.78, 5) is 36.9. The number of benzene rings is 1. The summed E-state index contributed by atoms with van der Waals surface area (Å²) >= 11 is 0. The largest absolute Gasteiger partial charge is 0.464 e. The highest BCUT2D eigenvalue weighted by Crippen LogP contribution is 2.29. The molecule has 0 aromatic heterocycles. The van der Waals surface area contributed by atoms with Gasteiger partial charge in [-0.2, -0.15) is 0 Å². The summed E-state index contributed by atoms with van der Waals surface area (Å²) in [5, 5.41) is 0. The van der Waals surface area contributed by atoms with E-state index in [0.29, 0.717) is 13.0 Å². The number of carbonyl (C=O) groups excluding carboxylic acids is 3. The number of rotatable bonds is 6. The van der Waals surface area contributed by atoms with Crippen LogP contribution in [0.15, 0.2) is 30.3 Å². The second-order valence-corrected chi connectivity index (χ2v) is 5.05. The lowest BCUT2D eigenvalue weighted by Gasteiger charge is -2.44.